The molecule has 1 N–H and O–H groups in total. The number of nitrogens with one attached hydrogen (secondary N) is 1. The van der Waals surface area contributed by atoms with E-state index in [4.69, 9.17) is 0 Å². The second kappa shape index (κ2) is 5.17. The molecule has 5 heteroatoms. The van der Waals surface area contributed by atoms with Crippen LogP contribution >= 0.6 is 11.3 Å². The molecule has 0 aliphatic carbocycles. The first-order valence-electron chi connectivity index (χ1n) is 6.17. The third-order valence-corrected chi connectivity index (χ3v) is 3.96. The summed E-state index contributed by atoms with van der Waals surface area (Å²) in [6.45, 7) is 2.06. The van der Waals surface area contributed by atoms with Gasteiger partial charge >= 0.3 is 0 Å². The zero-order valence-electron chi connectivity index (χ0n) is 10.8. The van der Waals surface area contributed by atoms with E-state index in [1.807, 2.05) is 25.1 Å². The van der Waals surface area contributed by atoms with Crippen molar-refractivity contribution in [3.8, 4) is 0 Å². The molecule has 0 atom stereocenters. The molecule has 0 bridgehead atoms. The summed E-state index contributed by atoms with van der Waals surface area (Å²) in [5.74, 6) is -1.07. The maximum atomic E-state index is 13.5. The fourth-order valence-electron chi connectivity index (χ4n) is 2.04. The van der Waals surface area contributed by atoms with Gasteiger partial charge in [-0.15, -0.1) is 11.3 Å². The molecule has 0 unspecified atom stereocenters. The largest absolute Gasteiger partial charge is 0.381 e. The van der Waals surface area contributed by atoms with E-state index >= 15 is 0 Å². The van der Waals surface area contributed by atoms with Gasteiger partial charge in [0.25, 0.3) is 0 Å². The Morgan fingerprint density at radius 1 is 1.15 bits per heavy atom. The summed E-state index contributed by atoms with van der Waals surface area (Å²) in [5.41, 5.74) is 1.81. The van der Waals surface area contributed by atoms with E-state index in [2.05, 4.69) is 10.3 Å². The molecule has 0 aliphatic rings. The number of hydrogen-bond acceptors (Lipinski definition) is 3. The van der Waals surface area contributed by atoms with Crippen molar-refractivity contribution >= 4 is 27.2 Å². The lowest BCUT2D eigenvalue weighted by Crippen LogP contribution is -2.04. The standard InChI is InChI=1S/C15H12F2N2S/c1-9-19-14-6-5-10(7-15(14)20-9)18-8-11-12(16)3-2-4-13(11)17/h2-7,18H,8H2,1H3. The molecule has 0 fully saturated rings. The number of rotatable bonds is 3. The minimum atomic E-state index is -0.535. The monoisotopic (exact) mass is 290 g/mol. The molecule has 2 nitrogen and oxygen atoms in total. The molecule has 0 radical (unpaired) electrons. The zero-order valence-corrected chi connectivity index (χ0v) is 11.6. The van der Waals surface area contributed by atoms with Crippen molar-refractivity contribution in [1.82, 2.24) is 4.98 Å². The second-order valence-electron chi connectivity index (χ2n) is 4.47. The van der Waals surface area contributed by atoms with Crippen LogP contribution in [-0.4, -0.2) is 4.98 Å². The van der Waals surface area contributed by atoms with Gasteiger partial charge in [0, 0.05) is 17.8 Å². The molecule has 0 saturated carbocycles. The van der Waals surface area contributed by atoms with E-state index in [9.17, 15) is 8.78 Å². The van der Waals surface area contributed by atoms with Crippen molar-refractivity contribution in [2.75, 3.05) is 5.32 Å². The predicted molar refractivity (Wildman–Crippen MR) is 78.0 cm³/mol. The molecule has 102 valence electrons. The van der Waals surface area contributed by atoms with E-state index in [0.717, 1.165) is 20.9 Å². The van der Waals surface area contributed by atoms with E-state index < -0.39 is 11.6 Å². The van der Waals surface area contributed by atoms with Gasteiger partial charge in [0.1, 0.15) is 11.6 Å². The first-order valence-corrected chi connectivity index (χ1v) is 6.99. The molecule has 0 amide bonds. The third-order valence-electron chi connectivity index (χ3n) is 3.03. The zero-order chi connectivity index (χ0) is 14.1. The number of aromatic nitrogens is 1. The number of halogens is 2. The molecule has 3 aromatic rings. The van der Waals surface area contributed by atoms with Gasteiger partial charge < -0.3 is 5.32 Å². The molecule has 3 rings (SSSR count). The van der Waals surface area contributed by atoms with Crippen LogP contribution in [-0.2, 0) is 6.54 Å². The highest BCUT2D eigenvalue weighted by Crippen LogP contribution is 2.25. The average molecular weight is 290 g/mol. The Morgan fingerprint density at radius 3 is 2.65 bits per heavy atom. The van der Waals surface area contributed by atoms with Gasteiger partial charge in [0.2, 0.25) is 0 Å². The number of thiazole rings is 1. The summed E-state index contributed by atoms with van der Waals surface area (Å²) in [6, 6.07) is 9.59. The number of aryl methyl sites for hydroxylation is 1. The van der Waals surface area contributed by atoms with Gasteiger partial charge in [-0.05, 0) is 37.3 Å². The van der Waals surface area contributed by atoms with Crippen LogP contribution in [0.4, 0.5) is 14.5 Å². The van der Waals surface area contributed by atoms with Crippen LogP contribution in [0, 0.1) is 18.6 Å². The van der Waals surface area contributed by atoms with Crippen LogP contribution in [0.2, 0.25) is 0 Å². The summed E-state index contributed by atoms with van der Waals surface area (Å²) >= 11 is 1.60. The summed E-state index contributed by atoms with van der Waals surface area (Å²) in [6.07, 6.45) is 0. The van der Waals surface area contributed by atoms with E-state index in [-0.39, 0.29) is 12.1 Å². The Labute approximate surface area is 119 Å². The highest BCUT2D eigenvalue weighted by atomic mass is 32.1. The maximum absolute atomic E-state index is 13.5. The van der Waals surface area contributed by atoms with Gasteiger partial charge in [-0.3, -0.25) is 0 Å². The molecule has 0 spiro atoms. The van der Waals surface area contributed by atoms with E-state index in [1.165, 1.54) is 18.2 Å². The van der Waals surface area contributed by atoms with Crippen molar-refractivity contribution < 1.29 is 8.78 Å². The summed E-state index contributed by atoms with van der Waals surface area (Å²) < 4.78 is 28.1. The summed E-state index contributed by atoms with van der Waals surface area (Å²) in [4.78, 5) is 4.37. The topological polar surface area (TPSA) is 24.9 Å². The fourth-order valence-corrected chi connectivity index (χ4v) is 2.91. The summed E-state index contributed by atoms with van der Waals surface area (Å²) in [5, 5.41) is 4.04. The van der Waals surface area contributed by atoms with Gasteiger partial charge in [-0.25, -0.2) is 13.8 Å². The lowest BCUT2D eigenvalue weighted by atomic mass is 10.2. The lowest BCUT2D eigenvalue weighted by molar-refractivity contribution is 0.560. The second-order valence-corrected chi connectivity index (χ2v) is 5.70. The van der Waals surface area contributed by atoms with E-state index in [1.54, 1.807) is 11.3 Å². The highest BCUT2D eigenvalue weighted by Gasteiger charge is 2.08. The van der Waals surface area contributed by atoms with Crippen molar-refractivity contribution in [3.05, 3.63) is 58.6 Å². The molecule has 1 aromatic heterocycles. The maximum Gasteiger partial charge on any atom is 0.131 e. The minimum Gasteiger partial charge on any atom is -0.381 e. The molecule has 2 aromatic carbocycles. The van der Waals surface area contributed by atoms with Crippen molar-refractivity contribution in [2.45, 2.75) is 13.5 Å². The van der Waals surface area contributed by atoms with Crippen LogP contribution in [0.3, 0.4) is 0 Å². The van der Waals surface area contributed by atoms with Gasteiger partial charge in [0.05, 0.1) is 15.2 Å². The van der Waals surface area contributed by atoms with Gasteiger partial charge in [0.15, 0.2) is 0 Å². The quantitative estimate of drug-likeness (QED) is 0.768. The Bertz CT molecular complexity index is 747. The smallest absolute Gasteiger partial charge is 0.131 e. The molecule has 0 saturated heterocycles. The Hall–Kier alpha value is -2.01. The van der Waals surface area contributed by atoms with Crippen molar-refractivity contribution in [2.24, 2.45) is 0 Å². The van der Waals surface area contributed by atoms with Crippen LogP contribution in [0.5, 0.6) is 0 Å². The molecule has 20 heavy (non-hydrogen) atoms. The Morgan fingerprint density at radius 2 is 1.90 bits per heavy atom. The fraction of sp³-hybridized carbons (Fsp3) is 0.133. The highest BCUT2D eigenvalue weighted by molar-refractivity contribution is 7.18. The SMILES string of the molecule is Cc1nc2ccc(NCc3c(F)cccc3F)cc2s1. The molecule has 0 aliphatic heterocycles. The number of benzene rings is 2. The van der Waals surface area contributed by atoms with Crippen LogP contribution in [0.1, 0.15) is 10.6 Å². The predicted octanol–water partition coefficient (Wildman–Crippen LogP) is 4.50. The van der Waals surface area contributed by atoms with Crippen LogP contribution in [0.25, 0.3) is 10.2 Å². The first-order chi connectivity index (χ1) is 9.63. The average Bonchev–Trinajstić information content (AvgIpc) is 2.77. The normalized spacial score (nSPS) is 10.9. The third kappa shape index (κ3) is 2.49. The van der Waals surface area contributed by atoms with E-state index in [0.29, 0.717) is 0 Å². The minimum absolute atomic E-state index is 0.0492. The number of anilines is 1. The lowest BCUT2D eigenvalue weighted by Gasteiger charge is -2.08. The Kier molecular flexibility index (Phi) is 3.36. The number of nitrogens with zero attached hydrogens (tertiary/aromatic N) is 1. The number of hydrogen-bond donors (Lipinski definition) is 1. The number of fused-ring (bicyclic) bond motifs is 1. The molecular formula is C15H12F2N2S. The van der Waals surface area contributed by atoms with Crippen molar-refractivity contribution in [1.29, 1.82) is 0 Å². The molecule has 1 heterocycles. The molecular weight excluding hydrogens is 278 g/mol. The van der Waals surface area contributed by atoms with Crippen LogP contribution < -0.4 is 5.32 Å². The van der Waals surface area contributed by atoms with Gasteiger partial charge in [-0.1, -0.05) is 6.07 Å². The van der Waals surface area contributed by atoms with Crippen molar-refractivity contribution in [3.63, 3.8) is 0 Å². The summed E-state index contributed by atoms with van der Waals surface area (Å²) in [7, 11) is 0. The van der Waals surface area contributed by atoms with Gasteiger partial charge in [-0.2, -0.15) is 0 Å². The Balaban J connectivity index is 1.83. The van der Waals surface area contributed by atoms with Crippen LogP contribution in [0.15, 0.2) is 36.4 Å². The first kappa shape index (κ1) is 13.0.